The van der Waals surface area contributed by atoms with Gasteiger partial charge in [-0.3, -0.25) is 14.6 Å². The summed E-state index contributed by atoms with van der Waals surface area (Å²) in [7, 11) is 0. The van der Waals surface area contributed by atoms with E-state index in [1.165, 1.54) is 11.1 Å². The Kier molecular flexibility index (Phi) is 6.93. The summed E-state index contributed by atoms with van der Waals surface area (Å²) in [4.78, 5) is 23.5. The summed E-state index contributed by atoms with van der Waals surface area (Å²) in [5.41, 5.74) is 6.14. The fourth-order valence-corrected chi connectivity index (χ4v) is 5.10. The van der Waals surface area contributed by atoms with Crippen molar-refractivity contribution < 1.29 is 9.53 Å². The second-order valence-electron chi connectivity index (χ2n) is 10.2. The number of carbonyl (C=O) groups is 1. The van der Waals surface area contributed by atoms with Gasteiger partial charge in [-0.2, -0.15) is 0 Å². The molecule has 12 nitrogen and oxygen atoms in total. The monoisotopic (exact) mass is 528 g/mol. The van der Waals surface area contributed by atoms with Crippen molar-refractivity contribution in [1.29, 1.82) is 0 Å². The molecule has 12 heteroatoms. The average Bonchev–Trinajstić information content (AvgIpc) is 3.65. The van der Waals surface area contributed by atoms with E-state index in [1.54, 1.807) is 15.8 Å². The fraction of sp³-hybridized carbons (Fsp3) is 0.407. The number of H-pyrrole nitrogens is 1. The number of fused-ring (bicyclic) bond motifs is 2. The molecule has 2 aliphatic heterocycles. The van der Waals surface area contributed by atoms with Crippen molar-refractivity contribution in [3.63, 3.8) is 0 Å². The highest BCUT2D eigenvalue weighted by Crippen LogP contribution is 2.27. The maximum absolute atomic E-state index is 13.1. The lowest BCUT2D eigenvalue weighted by atomic mass is 10.1. The van der Waals surface area contributed by atoms with Crippen LogP contribution < -0.4 is 15.4 Å². The van der Waals surface area contributed by atoms with Crippen LogP contribution in [0.5, 0.6) is 5.88 Å². The van der Waals surface area contributed by atoms with Gasteiger partial charge in [0.25, 0.3) is 0 Å². The summed E-state index contributed by atoms with van der Waals surface area (Å²) in [6, 6.07) is 8.69. The number of amides is 1. The minimum Gasteiger partial charge on any atom is -0.470 e. The van der Waals surface area contributed by atoms with Crippen LogP contribution in [0.2, 0.25) is 0 Å². The Balaban J connectivity index is 1.16. The molecule has 3 aromatic rings. The molecule has 1 saturated heterocycles. The number of carbonyl (C=O) groups excluding carboxylic acids is 1. The smallest absolute Gasteiger partial charge is 0.244 e. The van der Waals surface area contributed by atoms with Gasteiger partial charge in [0.2, 0.25) is 17.7 Å². The SMILES string of the molecule is C=N/C(=N\C=C(/C)c1cn(CC(=O)N2CCc3[nH]nnc3C2)nc1OC1CNC1)NC1Cc2ccccc2C1. The number of allylic oxidation sites excluding steroid dienone is 1. The second kappa shape index (κ2) is 10.8. The van der Waals surface area contributed by atoms with Crippen LogP contribution in [0.15, 0.2) is 46.6 Å². The van der Waals surface area contributed by atoms with E-state index in [0.29, 0.717) is 31.3 Å². The quantitative estimate of drug-likeness (QED) is 0.309. The molecule has 1 fully saturated rings. The van der Waals surface area contributed by atoms with Gasteiger partial charge in [0.15, 0.2) is 0 Å². The molecule has 4 heterocycles. The molecule has 202 valence electrons. The van der Waals surface area contributed by atoms with Gasteiger partial charge in [0.1, 0.15) is 18.3 Å². The van der Waals surface area contributed by atoms with Crippen LogP contribution in [0.4, 0.5) is 0 Å². The number of aromatic nitrogens is 5. The van der Waals surface area contributed by atoms with Crippen molar-refractivity contribution in [3.8, 4) is 5.88 Å². The van der Waals surface area contributed by atoms with Gasteiger partial charge >= 0.3 is 0 Å². The zero-order valence-electron chi connectivity index (χ0n) is 21.9. The van der Waals surface area contributed by atoms with E-state index in [9.17, 15) is 4.79 Å². The van der Waals surface area contributed by atoms with Gasteiger partial charge in [-0.1, -0.05) is 29.5 Å². The van der Waals surface area contributed by atoms with Crippen LogP contribution in [0.25, 0.3) is 5.57 Å². The number of aliphatic imine (C=N–C) groups is 2. The summed E-state index contributed by atoms with van der Waals surface area (Å²) in [5, 5.41) is 22.1. The number of rotatable bonds is 7. The first kappa shape index (κ1) is 25.0. The fourth-order valence-electron chi connectivity index (χ4n) is 5.10. The van der Waals surface area contributed by atoms with Crippen LogP contribution in [0.3, 0.4) is 0 Å². The average molecular weight is 529 g/mol. The number of aromatic amines is 1. The van der Waals surface area contributed by atoms with E-state index in [2.05, 4.69) is 72.1 Å². The highest BCUT2D eigenvalue weighted by atomic mass is 16.5. The van der Waals surface area contributed by atoms with Crippen LogP contribution in [0, 0.1) is 0 Å². The molecule has 1 aromatic carbocycles. The van der Waals surface area contributed by atoms with Gasteiger partial charge < -0.3 is 20.3 Å². The lowest BCUT2D eigenvalue weighted by molar-refractivity contribution is -0.133. The Morgan fingerprint density at radius 3 is 2.79 bits per heavy atom. The van der Waals surface area contributed by atoms with Gasteiger partial charge in [-0.15, -0.1) is 10.2 Å². The van der Waals surface area contributed by atoms with E-state index in [1.807, 2.05) is 13.1 Å². The number of ether oxygens (including phenoxy) is 1. The maximum Gasteiger partial charge on any atom is 0.244 e. The number of benzene rings is 1. The van der Waals surface area contributed by atoms with Gasteiger partial charge in [0.05, 0.1) is 17.8 Å². The third-order valence-corrected chi connectivity index (χ3v) is 7.42. The van der Waals surface area contributed by atoms with Crippen molar-refractivity contribution in [3.05, 3.63) is 64.7 Å². The molecule has 6 rings (SSSR count). The highest BCUT2D eigenvalue weighted by Gasteiger charge is 2.26. The second-order valence-corrected chi connectivity index (χ2v) is 10.2. The third-order valence-electron chi connectivity index (χ3n) is 7.42. The first-order valence-electron chi connectivity index (χ1n) is 13.2. The van der Waals surface area contributed by atoms with Crippen LogP contribution in [-0.4, -0.2) is 80.5 Å². The Morgan fingerprint density at radius 1 is 1.28 bits per heavy atom. The predicted molar refractivity (Wildman–Crippen MR) is 146 cm³/mol. The zero-order valence-corrected chi connectivity index (χ0v) is 21.9. The number of hydrogen-bond donors (Lipinski definition) is 3. The van der Waals surface area contributed by atoms with Crippen molar-refractivity contribution in [2.45, 2.75) is 51.4 Å². The van der Waals surface area contributed by atoms with E-state index < -0.39 is 0 Å². The lowest BCUT2D eigenvalue weighted by Crippen LogP contribution is -2.50. The Labute approximate surface area is 226 Å². The number of nitrogens with one attached hydrogen (secondary N) is 3. The Hall–Kier alpha value is -4.32. The molecular formula is C27H32N10O2. The first-order valence-corrected chi connectivity index (χ1v) is 13.2. The summed E-state index contributed by atoms with van der Waals surface area (Å²) in [6.07, 6.45) is 6.19. The van der Waals surface area contributed by atoms with Gasteiger partial charge in [0, 0.05) is 44.5 Å². The largest absolute Gasteiger partial charge is 0.470 e. The molecule has 1 aliphatic carbocycles. The van der Waals surface area contributed by atoms with E-state index in [0.717, 1.165) is 48.5 Å². The molecule has 3 aliphatic rings. The molecule has 0 saturated carbocycles. The Bertz CT molecular complexity index is 1410. The summed E-state index contributed by atoms with van der Waals surface area (Å²) in [5.74, 6) is 0.926. The van der Waals surface area contributed by atoms with Crippen LogP contribution >= 0.6 is 0 Å². The molecule has 0 radical (unpaired) electrons. The third kappa shape index (κ3) is 5.46. The number of guanidine groups is 1. The standard InChI is InChI=1S/C27H32N10O2/c1-17(11-30-27(28-2)31-20-9-18-5-3-4-6-19(18)10-20)22-14-37(34-26(22)39-21-12-29-13-21)16-25(38)36-8-7-23-24(15-36)33-35-32-23/h3-6,11,14,20-21,29H,2,7-10,12-13,15-16H2,1H3,(H,30,31)(H,32,33,35)/b17-11+. The predicted octanol–water partition coefficient (Wildman–Crippen LogP) is 1.11. The number of nitrogens with zero attached hydrogens (tertiary/aromatic N) is 7. The van der Waals surface area contributed by atoms with Crippen molar-refractivity contribution in [1.82, 2.24) is 40.7 Å². The van der Waals surface area contributed by atoms with Crippen molar-refractivity contribution in [2.24, 2.45) is 9.98 Å². The van der Waals surface area contributed by atoms with E-state index in [-0.39, 0.29) is 24.6 Å². The maximum atomic E-state index is 13.1. The normalized spacial score (nSPS) is 17.9. The molecule has 0 unspecified atom stereocenters. The molecular weight excluding hydrogens is 496 g/mol. The Morgan fingerprint density at radius 2 is 2.08 bits per heavy atom. The molecule has 0 atom stereocenters. The minimum atomic E-state index is -0.0332. The van der Waals surface area contributed by atoms with Gasteiger partial charge in [-0.05, 0) is 43.2 Å². The first-order chi connectivity index (χ1) is 19.1. The summed E-state index contributed by atoms with van der Waals surface area (Å²) < 4.78 is 7.78. The van der Waals surface area contributed by atoms with Gasteiger partial charge in [-0.25, -0.2) is 9.98 Å². The minimum absolute atomic E-state index is 0.0332. The molecule has 1 amide bonds. The number of hydrogen-bond acceptors (Lipinski definition) is 7. The van der Waals surface area contributed by atoms with Crippen molar-refractivity contribution >= 4 is 24.2 Å². The highest BCUT2D eigenvalue weighted by molar-refractivity contribution is 5.86. The molecule has 39 heavy (non-hydrogen) atoms. The van der Waals surface area contributed by atoms with Crippen LogP contribution in [0.1, 0.15) is 35.0 Å². The molecule has 3 N–H and O–H groups in total. The van der Waals surface area contributed by atoms with E-state index in [4.69, 9.17) is 4.74 Å². The molecule has 0 spiro atoms. The zero-order chi connectivity index (χ0) is 26.8. The summed E-state index contributed by atoms with van der Waals surface area (Å²) in [6.45, 7) is 8.33. The van der Waals surface area contributed by atoms with Crippen LogP contribution in [-0.2, 0) is 37.1 Å². The van der Waals surface area contributed by atoms with E-state index >= 15 is 0 Å². The topological polar surface area (TPSA) is 138 Å². The molecule has 0 bridgehead atoms. The van der Waals surface area contributed by atoms with Crippen molar-refractivity contribution in [2.75, 3.05) is 19.6 Å². The lowest BCUT2D eigenvalue weighted by Gasteiger charge is -2.27. The molecule has 2 aromatic heterocycles. The summed E-state index contributed by atoms with van der Waals surface area (Å²) >= 11 is 0.